The Balaban J connectivity index is 1.85. The lowest BCUT2D eigenvalue weighted by molar-refractivity contribution is 0.0947. The van der Waals surface area contributed by atoms with Crippen molar-refractivity contribution in [3.8, 4) is 0 Å². The molecule has 0 spiro atoms. The largest absolute Gasteiger partial charge is 0.349 e. The van der Waals surface area contributed by atoms with Gasteiger partial charge in [0.05, 0.1) is 6.54 Å². The predicted molar refractivity (Wildman–Crippen MR) is 66.5 cm³/mol. The highest BCUT2D eigenvalue weighted by Gasteiger charge is 2.06. The number of carbonyl (C=O) groups is 1. The van der Waals surface area contributed by atoms with Crippen LogP contribution in [0.15, 0.2) is 41.3 Å². The molecule has 1 amide bonds. The van der Waals surface area contributed by atoms with Crippen molar-refractivity contribution in [3.63, 3.8) is 0 Å². The molecule has 0 saturated carbocycles. The molecule has 2 heterocycles. The van der Waals surface area contributed by atoms with Crippen LogP contribution in [-0.2, 0) is 6.54 Å². The van der Waals surface area contributed by atoms with Crippen molar-refractivity contribution < 1.29 is 4.79 Å². The molecule has 88 valence electrons. The fourth-order valence-electron chi connectivity index (χ4n) is 1.34. The predicted octanol–water partition coefficient (Wildman–Crippen LogP) is 1.47. The zero-order chi connectivity index (χ0) is 12.1. The summed E-state index contributed by atoms with van der Waals surface area (Å²) in [5, 5.41) is 6.82. The molecule has 5 nitrogen and oxygen atoms in total. The number of hydrogen-bond donors (Lipinski definition) is 1. The van der Waals surface area contributed by atoms with E-state index >= 15 is 0 Å². The van der Waals surface area contributed by atoms with E-state index in [2.05, 4.69) is 31.3 Å². The van der Waals surface area contributed by atoms with Crippen molar-refractivity contribution >= 4 is 21.8 Å². The number of pyridine rings is 1. The van der Waals surface area contributed by atoms with Crippen molar-refractivity contribution in [3.05, 3.63) is 47.0 Å². The molecular weight excluding hydrogens is 284 g/mol. The summed E-state index contributed by atoms with van der Waals surface area (Å²) in [7, 11) is 0. The molecule has 2 rings (SSSR count). The molecular formula is C11H11BrN4O. The molecule has 0 aromatic carbocycles. The zero-order valence-electron chi connectivity index (χ0n) is 9.01. The maximum Gasteiger partial charge on any atom is 0.269 e. The van der Waals surface area contributed by atoms with E-state index in [1.165, 1.54) is 0 Å². The van der Waals surface area contributed by atoms with Gasteiger partial charge in [-0.05, 0) is 34.1 Å². The van der Waals surface area contributed by atoms with Crippen LogP contribution in [0.25, 0.3) is 0 Å². The van der Waals surface area contributed by atoms with Gasteiger partial charge in [-0.15, -0.1) is 0 Å². The highest BCUT2D eigenvalue weighted by molar-refractivity contribution is 9.10. The van der Waals surface area contributed by atoms with Gasteiger partial charge in [-0.3, -0.25) is 9.48 Å². The molecule has 0 aliphatic rings. The van der Waals surface area contributed by atoms with Gasteiger partial charge in [0.25, 0.3) is 5.91 Å². The number of halogens is 1. The van der Waals surface area contributed by atoms with Crippen LogP contribution in [0.5, 0.6) is 0 Å². The maximum absolute atomic E-state index is 11.7. The third kappa shape index (κ3) is 3.39. The molecule has 0 unspecified atom stereocenters. The Morgan fingerprint density at radius 2 is 2.29 bits per heavy atom. The van der Waals surface area contributed by atoms with Crippen molar-refractivity contribution in [2.45, 2.75) is 6.54 Å². The van der Waals surface area contributed by atoms with Crippen LogP contribution in [0.2, 0.25) is 0 Å². The fraction of sp³-hybridized carbons (Fsp3) is 0.182. The zero-order valence-corrected chi connectivity index (χ0v) is 10.6. The summed E-state index contributed by atoms with van der Waals surface area (Å²) in [5.41, 5.74) is 0.403. The van der Waals surface area contributed by atoms with E-state index in [1.54, 1.807) is 29.1 Å². The van der Waals surface area contributed by atoms with E-state index < -0.39 is 0 Å². The Morgan fingerprint density at radius 1 is 1.41 bits per heavy atom. The minimum atomic E-state index is -0.182. The van der Waals surface area contributed by atoms with Crippen molar-refractivity contribution in [2.24, 2.45) is 0 Å². The number of hydrogen-bond acceptors (Lipinski definition) is 3. The molecule has 0 bridgehead atoms. The molecule has 0 aliphatic heterocycles. The Bertz CT molecular complexity index is 498. The molecule has 0 fully saturated rings. The highest BCUT2D eigenvalue weighted by Crippen LogP contribution is 2.05. The smallest absolute Gasteiger partial charge is 0.269 e. The molecule has 2 aromatic rings. The normalized spacial score (nSPS) is 10.2. The van der Waals surface area contributed by atoms with Gasteiger partial charge in [-0.25, -0.2) is 4.98 Å². The SMILES string of the molecule is O=C(NCCn1cccn1)c1cccc(Br)n1. The summed E-state index contributed by atoms with van der Waals surface area (Å²) in [5.74, 6) is -0.182. The first-order valence-electron chi connectivity index (χ1n) is 5.14. The fourth-order valence-corrected chi connectivity index (χ4v) is 1.69. The number of nitrogens with one attached hydrogen (secondary N) is 1. The van der Waals surface area contributed by atoms with Crippen molar-refractivity contribution in [2.75, 3.05) is 6.54 Å². The van der Waals surface area contributed by atoms with Crippen LogP contribution < -0.4 is 5.32 Å². The number of rotatable bonds is 4. The second-order valence-corrected chi connectivity index (χ2v) is 4.18. The first kappa shape index (κ1) is 11.8. The quantitative estimate of drug-likeness (QED) is 0.869. The molecule has 0 saturated heterocycles. The average molecular weight is 295 g/mol. The van der Waals surface area contributed by atoms with Gasteiger partial charge in [0.1, 0.15) is 10.3 Å². The lowest BCUT2D eigenvalue weighted by atomic mass is 10.3. The van der Waals surface area contributed by atoms with Crippen molar-refractivity contribution in [1.82, 2.24) is 20.1 Å². The topological polar surface area (TPSA) is 59.8 Å². The Kier molecular flexibility index (Phi) is 3.87. The summed E-state index contributed by atoms with van der Waals surface area (Å²) in [4.78, 5) is 15.8. The number of nitrogens with zero attached hydrogens (tertiary/aromatic N) is 3. The molecule has 0 aliphatic carbocycles. The first-order chi connectivity index (χ1) is 8.25. The highest BCUT2D eigenvalue weighted by atomic mass is 79.9. The lowest BCUT2D eigenvalue weighted by Crippen LogP contribution is -2.28. The lowest BCUT2D eigenvalue weighted by Gasteiger charge is -2.05. The Hall–Kier alpha value is -1.69. The Labute approximate surface area is 107 Å². The van der Waals surface area contributed by atoms with E-state index in [1.807, 2.05) is 12.3 Å². The third-order valence-electron chi connectivity index (χ3n) is 2.13. The average Bonchev–Trinajstić information content (AvgIpc) is 2.82. The van der Waals surface area contributed by atoms with Crippen molar-refractivity contribution in [1.29, 1.82) is 0 Å². The molecule has 17 heavy (non-hydrogen) atoms. The second-order valence-electron chi connectivity index (χ2n) is 3.37. The molecule has 0 atom stereocenters. The van der Waals surface area contributed by atoms with Crippen LogP contribution >= 0.6 is 15.9 Å². The minimum Gasteiger partial charge on any atom is -0.349 e. The third-order valence-corrected chi connectivity index (χ3v) is 2.58. The van der Waals surface area contributed by atoms with E-state index in [-0.39, 0.29) is 5.91 Å². The van der Waals surface area contributed by atoms with E-state index in [9.17, 15) is 4.79 Å². The maximum atomic E-state index is 11.7. The molecule has 0 radical (unpaired) electrons. The number of amides is 1. The van der Waals surface area contributed by atoms with Gasteiger partial charge in [0, 0.05) is 18.9 Å². The van der Waals surface area contributed by atoms with E-state index in [4.69, 9.17) is 0 Å². The van der Waals surface area contributed by atoms with Gasteiger partial charge in [-0.1, -0.05) is 6.07 Å². The first-order valence-corrected chi connectivity index (χ1v) is 5.93. The van der Waals surface area contributed by atoms with Crippen LogP contribution in [0.1, 0.15) is 10.5 Å². The minimum absolute atomic E-state index is 0.182. The van der Waals surface area contributed by atoms with Crippen LogP contribution in [0.3, 0.4) is 0 Å². The van der Waals surface area contributed by atoms with Gasteiger partial charge >= 0.3 is 0 Å². The van der Waals surface area contributed by atoms with E-state index in [0.29, 0.717) is 23.4 Å². The van der Waals surface area contributed by atoms with Gasteiger partial charge in [0.2, 0.25) is 0 Å². The van der Waals surface area contributed by atoms with Crippen LogP contribution in [0.4, 0.5) is 0 Å². The Morgan fingerprint density at radius 3 is 3.00 bits per heavy atom. The number of aromatic nitrogens is 3. The monoisotopic (exact) mass is 294 g/mol. The molecule has 2 aromatic heterocycles. The van der Waals surface area contributed by atoms with Crippen LogP contribution in [0, 0.1) is 0 Å². The van der Waals surface area contributed by atoms with E-state index in [0.717, 1.165) is 0 Å². The second kappa shape index (κ2) is 5.58. The van der Waals surface area contributed by atoms with Gasteiger partial charge in [-0.2, -0.15) is 5.10 Å². The molecule has 6 heteroatoms. The van der Waals surface area contributed by atoms with Crippen LogP contribution in [-0.4, -0.2) is 27.2 Å². The summed E-state index contributed by atoms with van der Waals surface area (Å²) >= 11 is 3.22. The summed E-state index contributed by atoms with van der Waals surface area (Å²) in [6.07, 6.45) is 3.56. The summed E-state index contributed by atoms with van der Waals surface area (Å²) in [6, 6.07) is 7.08. The molecule has 1 N–H and O–H groups in total. The summed E-state index contributed by atoms with van der Waals surface area (Å²) < 4.78 is 2.41. The van der Waals surface area contributed by atoms with Gasteiger partial charge < -0.3 is 5.32 Å². The standard InChI is InChI=1S/C11H11BrN4O/c12-10-4-1-3-9(15-10)11(17)13-6-8-16-7-2-5-14-16/h1-5,7H,6,8H2,(H,13,17). The summed E-state index contributed by atoms with van der Waals surface area (Å²) in [6.45, 7) is 1.17. The number of carbonyl (C=O) groups excluding carboxylic acids is 1. The van der Waals surface area contributed by atoms with Gasteiger partial charge in [0.15, 0.2) is 0 Å².